The molecule has 0 radical (unpaired) electrons. The molecule has 2 aliphatic heterocycles. The van der Waals surface area contributed by atoms with Gasteiger partial charge in [0.05, 0.1) is 11.6 Å². The molecule has 2 saturated heterocycles. The highest BCUT2D eigenvalue weighted by molar-refractivity contribution is 5.98. The molecule has 2 unspecified atom stereocenters. The van der Waals surface area contributed by atoms with Crippen molar-refractivity contribution in [3.63, 3.8) is 0 Å². The summed E-state index contributed by atoms with van der Waals surface area (Å²) in [7, 11) is 5.67. The quantitative estimate of drug-likeness (QED) is 0.641. The summed E-state index contributed by atoms with van der Waals surface area (Å²) in [5, 5.41) is 0. The van der Waals surface area contributed by atoms with E-state index in [1.54, 1.807) is 16.8 Å². The van der Waals surface area contributed by atoms with E-state index in [0.717, 1.165) is 12.8 Å². The molecule has 0 aromatic heterocycles. The summed E-state index contributed by atoms with van der Waals surface area (Å²) in [4.78, 5) is 29.8. The second-order valence-electron chi connectivity index (χ2n) is 6.38. The predicted octanol–water partition coefficient (Wildman–Crippen LogP) is 0.162. The molecule has 2 fully saturated rings. The summed E-state index contributed by atoms with van der Waals surface area (Å²) in [6, 6.07) is -0.171. The van der Waals surface area contributed by atoms with Crippen molar-refractivity contribution in [2.45, 2.75) is 44.3 Å². The van der Waals surface area contributed by atoms with Crippen molar-refractivity contribution in [1.29, 1.82) is 0 Å². The summed E-state index contributed by atoms with van der Waals surface area (Å²) >= 11 is 0. The van der Waals surface area contributed by atoms with Gasteiger partial charge in [0.2, 0.25) is 5.91 Å². The molecule has 2 bridgehead atoms. The zero-order valence-electron chi connectivity index (χ0n) is 12.9. The van der Waals surface area contributed by atoms with E-state index in [1.165, 1.54) is 0 Å². The van der Waals surface area contributed by atoms with Crippen LogP contribution in [0, 0.1) is 11.8 Å². The van der Waals surface area contributed by atoms with Crippen LogP contribution in [0.25, 0.3) is 0 Å². The summed E-state index contributed by atoms with van der Waals surface area (Å²) in [5.41, 5.74) is -0.356. The van der Waals surface area contributed by atoms with Gasteiger partial charge in [-0.15, -0.1) is 0 Å². The Hall–Kier alpha value is -1.54. The maximum absolute atomic E-state index is 12.3. The van der Waals surface area contributed by atoms with Gasteiger partial charge in [-0.1, -0.05) is 5.92 Å². The van der Waals surface area contributed by atoms with Crippen LogP contribution in [0.5, 0.6) is 0 Å². The lowest BCUT2D eigenvalue weighted by atomic mass is 10.1. The number of fused-ring (bicyclic) bond motifs is 2. The minimum atomic E-state index is -0.356. The van der Waals surface area contributed by atoms with E-state index in [1.807, 2.05) is 32.8 Å². The number of rotatable bonds is 1. The Morgan fingerprint density at radius 1 is 1.35 bits per heavy atom. The lowest BCUT2D eigenvalue weighted by Crippen LogP contribution is -2.57. The van der Waals surface area contributed by atoms with Crippen molar-refractivity contribution >= 4 is 11.8 Å². The number of carbonyl (C=O) groups excluding carboxylic acids is 2. The number of amides is 2. The van der Waals surface area contributed by atoms with Crippen LogP contribution in [0.15, 0.2) is 0 Å². The minimum absolute atomic E-state index is 0.0424. The Morgan fingerprint density at radius 2 is 2.00 bits per heavy atom. The molecule has 2 atom stereocenters. The average molecular weight is 277 g/mol. The second-order valence-corrected chi connectivity index (χ2v) is 6.38. The first-order chi connectivity index (χ1) is 9.24. The van der Waals surface area contributed by atoms with E-state index in [4.69, 9.17) is 0 Å². The maximum atomic E-state index is 12.3. The molecule has 0 aromatic carbocycles. The molecule has 2 rings (SSSR count). The summed E-state index contributed by atoms with van der Waals surface area (Å²) < 4.78 is 0. The molecular formula is C15H23N3O2. The molecule has 0 aromatic rings. The topological polar surface area (TPSA) is 43.9 Å². The van der Waals surface area contributed by atoms with Gasteiger partial charge in [-0.3, -0.25) is 14.5 Å². The van der Waals surface area contributed by atoms with Crippen LogP contribution < -0.4 is 0 Å². The highest BCUT2D eigenvalue weighted by Crippen LogP contribution is 2.30. The van der Waals surface area contributed by atoms with Crippen LogP contribution in [-0.2, 0) is 9.59 Å². The number of likely N-dealkylation sites (tertiary alicyclic amines) is 1. The Labute approximate surface area is 120 Å². The van der Waals surface area contributed by atoms with E-state index < -0.39 is 0 Å². The number of piperazine rings is 1. The van der Waals surface area contributed by atoms with E-state index in [2.05, 4.69) is 11.8 Å². The van der Waals surface area contributed by atoms with Crippen molar-refractivity contribution in [3.8, 4) is 11.8 Å². The Kier molecular flexibility index (Phi) is 3.79. The lowest BCUT2D eigenvalue weighted by molar-refractivity contribution is -0.147. The summed E-state index contributed by atoms with van der Waals surface area (Å²) in [5.74, 6) is 5.57. The smallest absolute Gasteiger partial charge is 0.299 e. The lowest BCUT2D eigenvalue weighted by Gasteiger charge is -2.37. The summed E-state index contributed by atoms with van der Waals surface area (Å²) in [6.45, 7) is 4.56. The molecule has 2 amide bonds. The van der Waals surface area contributed by atoms with Gasteiger partial charge in [0, 0.05) is 13.6 Å². The Balaban J connectivity index is 2.16. The van der Waals surface area contributed by atoms with Gasteiger partial charge in [-0.25, -0.2) is 0 Å². The van der Waals surface area contributed by atoms with Gasteiger partial charge in [-0.05, 0) is 46.7 Å². The van der Waals surface area contributed by atoms with Gasteiger partial charge in [0.1, 0.15) is 6.04 Å². The SMILES string of the molecule is CN1CC2CCC(C1=O)N2C(=O)C#CC(C)(C)N(C)C. The van der Waals surface area contributed by atoms with E-state index in [0.29, 0.717) is 6.54 Å². The third-order valence-electron chi connectivity index (χ3n) is 4.48. The van der Waals surface area contributed by atoms with Crippen LogP contribution in [-0.4, -0.2) is 71.8 Å². The number of hydrogen-bond donors (Lipinski definition) is 0. The molecule has 2 heterocycles. The monoisotopic (exact) mass is 277 g/mol. The molecule has 0 saturated carbocycles. The molecule has 0 N–H and O–H groups in total. The van der Waals surface area contributed by atoms with Crippen molar-refractivity contribution < 1.29 is 9.59 Å². The van der Waals surface area contributed by atoms with Crippen LogP contribution in [0.2, 0.25) is 0 Å². The normalized spacial score (nSPS) is 25.8. The van der Waals surface area contributed by atoms with Crippen LogP contribution in [0.3, 0.4) is 0 Å². The van der Waals surface area contributed by atoms with Crippen molar-refractivity contribution in [2.24, 2.45) is 0 Å². The molecule has 20 heavy (non-hydrogen) atoms. The van der Waals surface area contributed by atoms with E-state index in [9.17, 15) is 9.59 Å². The fourth-order valence-corrected chi connectivity index (χ4v) is 2.66. The third kappa shape index (κ3) is 2.53. The van der Waals surface area contributed by atoms with Crippen LogP contribution in [0.1, 0.15) is 26.7 Å². The fourth-order valence-electron chi connectivity index (χ4n) is 2.66. The number of hydrogen-bond acceptors (Lipinski definition) is 3. The molecule has 2 aliphatic rings. The first-order valence-corrected chi connectivity index (χ1v) is 7.02. The number of nitrogens with zero attached hydrogens (tertiary/aromatic N) is 3. The largest absolute Gasteiger partial charge is 0.342 e. The van der Waals surface area contributed by atoms with E-state index >= 15 is 0 Å². The number of carbonyl (C=O) groups is 2. The van der Waals surface area contributed by atoms with Crippen molar-refractivity contribution in [2.75, 3.05) is 27.7 Å². The first kappa shape index (κ1) is 14.9. The van der Waals surface area contributed by atoms with Gasteiger partial charge < -0.3 is 9.80 Å². The fraction of sp³-hybridized carbons (Fsp3) is 0.733. The second kappa shape index (κ2) is 5.10. The molecule has 5 heteroatoms. The Bertz CT molecular complexity index is 487. The molecule has 0 aliphatic carbocycles. The van der Waals surface area contributed by atoms with Crippen LogP contribution >= 0.6 is 0 Å². The Morgan fingerprint density at radius 3 is 2.60 bits per heavy atom. The van der Waals surface area contributed by atoms with Gasteiger partial charge in [0.15, 0.2) is 0 Å². The number of likely N-dealkylation sites (N-methyl/N-ethyl adjacent to an activating group) is 1. The molecule has 0 spiro atoms. The zero-order chi connectivity index (χ0) is 15.1. The van der Waals surface area contributed by atoms with E-state index in [-0.39, 0.29) is 29.4 Å². The highest BCUT2D eigenvalue weighted by Gasteiger charge is 2.46. The third-order valence-corrected chi connectivity index (χ3v) is 4.48. The standard InChI is InChI=1S/C15H23N3O2/c1-15(2,16(3)4)9-8-13(19)18-11-6-7-12(18)14(20)17(5)10-11/h11-12H,6-7,10H2,1-5H3. The maximum Gasteiger partial charge on any atom is 0.299 e. The predicted molar refractivity (Wildman–Crippen MR) is 76.8 cm³/mol. The van der Waals surface area contributed by atoms with Gasteiger partial charge in [0.25, 0.3) is 5.91 Å². The van der Waals surface area contributed by atoms with Crippen molar-refractivity contribution in [3.05, 3.63) is 0 Å². The zero-order valence-corrected chi connectivity index (χ0v) is 12.9. The first-order valence-electron chi connectivity index (χ1n) is 7.02. The molecule has 5 nitrogen and oxygen atoms in total. The van der Waals surface area contributed by atoms with Gasteiger partial charge in [-0.2, -0.15) is 0 Å². The molecule has 110 valence electrons. The van der Waals surface area contributed by atoms with Gasteiger partial charge >= 0.3 is 0 Å². The highest BCUT2D eigenvalue weighted by atomic mass is 16.2. The van der Waals surface area contributed by atoms with Crippen LogP contribution in [0.4, 0.5) is 0 Å². The molecular weight excluding hydrogens is 254 g/mol. The van der Waals surface area contributed by atoms with Crippen molar-refractivity contribution in [1.82, 2.24) is 14.7 Å². The summed E-state index contributed by atoms with van der Waals surface area (Å²) in [6.07, 6.45) is 1.66. The average Bonchev–Trinajstić information content (AvgIpc) is 2.72. The minimum Gasteiger partial charge on any atom is -0.342 e.